The number of nitrogens with one attached hydrogen (secondary N) is 1. The van der Waals surface area contributed by atoms with Gasteiger partial charge in [0.15, 0.2) is 0 Å². The van der Waals surface area contributed by atoms with Crippen LogP contribution in [0.5, 0.6) is 0 Å². The lowest BCUT2D eigenvalue weighted by atomic mass is 10.1. The molecule has 0 bridgehead atoms. The highest BCUT2D eigenvalue weighted by molar-refractivity contribution is 7.90. The molecule has 0 unspecified atom stereocenters. The van der Waals surface area contributed by atoms with Gasteiger partial charge in [-0.15, -0.1) is 0 Å². The fourth-order valence-corrected chi connectivity index (χ4v) is 4.35. The monoisotopic (exact) mass is 430 g/mol. The largest absolute Gasteiger partial charge is 0.268 e. The second-order valence-corrected chi connectivity index (χ2v) is 10.4. The molecule has 0 radical (unpaired) electrons. The molecule has 1 N–H and O–H groups in total. The highest BCUT2D eigenvalue weighted by Gasteiger charge is 2.24. The van der Waals surface area contributed by atoms with Crippen LogP contribution in [0.25, 0.3) is 0 Å². The van der Waals surface area contributed by atoms with E-state index in [1.165, 1.54) is 38.4 Å². The Hall–Kier alpha value is -1.94. The Kier molecular flexibility index (Phi) is 6.00. The van der Waals surface area contributed by atoms with E-state index in [0.717, 1.165) is 21.5 Å². The quantitative estimate of drug-likeness (QED) is 0.784. The first-order valence-corrected chi connectivity index (χ1v) is 11.0. The molecule has 2 aromatic carbocycles. The van der Waals surface area contributed by atoms with E-state index < -0.39 is 26.0 Å². The molecule has 2 rings (SSSR count). The molecule has 0 atom stereocenters. The topological polar surface area (TPSA) is 101 Å². The zero-order chi connectivity index (χ0) is 20.6. The average molecular weight is 431 g/mol. The van der Waals surface area contributed by atoms with Crippen LogP contribution in [0.1, 0.15) is 21.5 Å². The van der Waals surface area contributed by atoms with Gasteiger partial charge in [0.05, 0.1) is 20.4 Å². The van der Waals surface area contributed by atoms with Gasteiger partial charge in [-0.1, -0.05) is 17.7 Å². The zero-order valence-corrected chi connectivity index (χ0v) is 17.5. The van der Waals surface area contributed by atoms with Gasteiger partial charge < -0.3 is 0 Å². The van der Waals surface area contributed by atoms with Gasteiger partial charge >= 0.3 is 0 Å². The smallest absolute Gasteiger partial charge is 0.266 e. The van der Waals surface area contributed by atoms with Gasteiger partial charge in [-0.3, -0.25) is 4.79 Å². The van der Waals surface area contributed by atoms with Crippen LogP contribution in [0, 0.1) is 13.8 Å². The summed E-state index contributed by atoms with van der Waals surface area (Å²) in [7, 11) is -5.27. The molecule has 146 valence electrons. The molecule has 0 aliphatic heterocycles. The maximum absolute atomic E-state index is 12.5. The summed E-state index contributed by atoms with van der Waals surface area (Å²) < 4.78 is 52.3. The summed E-state index contributed by atoms with van der Waals surface area (Å²) in [5, 5.41) is -0.0690. The molecule has 0 aliphatic carbocycles. The minimum absolute atomic E-state index is 0.0690. The SMILES string of the molecule is Cc1ccc(S(=O)(=O)NC(=O)c2cc(S(=O)(=O)N(C)C)ccc2Cl)cc1C. The van der Waals surface area contributed by atoms with E-state index in [4.69, 9.17) is 11.6 Å². The zero-order valence-electron chi connectivity index (χ0n) is 15.1. The number of rotatable bonds is 5. The van der Waals surface area contributed by atoms with E-state index in [1.807, 2.05) is 11.6 Å². The van der Waals surface area contributed by atoms with Gasteiger partial charge in [0.1, 0.15) is 0 Å². The number of nitrogens with zero attached hydrogens (tertiary/aromatic N) is 1. The van der Waals surface area contributed by atoms with Gasteiger partial charge in [0.2, 0.25) is 10.0 Å². The highest BCUT2D eigenvalue weighted by atomic mass is 35.5. The number of aryl methyl sites for hydroxylation is 2. The molecule has 27 heavy (non-hydrogen) atoms. The van der Waals surface area contributed by atoms with Gasteiger partial charge in [0, 0.05) is 14.1 Å². The first-order valence-electron chi connectivity index (χ1n) is 7.73. The number of benzene rings is 2. The van der Waals surface area contributed by atoms with Crippen LogP contribution in [0.3, 0.4) is 0 Å². The number of halogens is 1. The van der Waals surface area contributed by atoms with E-state index in [0.29, 0.717) is 0 Å². The van der Waals surface area contributed by atoms with Crippen molar-refractivity contribution in [3.63, 3.8) is 0 Å². The predicted molar refractivity (Wildman–Crippen MR) is 103 cm³/mol. The number of carbonyl (C=O) groups excluding carboxylic acids is 1. The maximum Gasteiger partial charge on any atom is 0.266 e. The molecule has 0 saturated carbocycles. The van der Waals surface area contributed by atoms with E-state index in [1.54, 1.807) is 13.0 Å². The Balaban J connectivity index is 2.42. The van der Waals surface area contributed by atoms with Gasteiger partial charge in [0.25, 0.3) is 15.9 Å². The van der Waals surface area contributed by atoms with Crippen molar-refractivity contribution in [1.29, 1.82) is 0 Å². The van der Waals surface area contributed by atoms with Crippen LogP contribution in [-0.4, -0.2) is 41.1 Å². The van der Waals surface area contributed by atoms with Crippen LogP contribution in [0.15, 0.2) is 46.2 Å². The molecule has 1 amide bonds. The Labute approximate surface area is 164 Å². The maximum atomic E-state index is 12.5. The predicted octanol–water partition coefficient (Wildman–Crippen LogP) is 2.33. The van der Waals surface area contributed by atoms with Crippen molar-refractivity contribution < 1.29 is 21.6 Å². The minimum Gasteiger partial charge on any atom is -0.268 e. The van der Waals surface area contributed by atoms with Crippen LogP contribution >= 0.6 is 11.6 Å². The molecule has 0 aromatic heterocycles. The summed E-state index contributed by atoms with van der Waals surface area (Å²) in [6.45, 7) is 3.59. The molecule has 0 saturated heterocycles. The van der Waals surface area contributed by atoms with Crippen molar-refractivity contribution >= 4 is 37.6 Å². The molecule has 2 aromatic rings. The van der Waals surface area contributed by atoms with Crippen molar-refractivity contribution in [2.24, 2.45) is 0 Å². The number of sulfonamides is 2. The second-order valence-electron chi connectivity index (χ2n) is 6.11. The van der Waals surface area contributed by atoms with E-state index in [9.17, 15) is 21.6 Å². The molecular weight excluding hydrogens is 412 g/mol. The number of hydrogen-bond acceptors (Lipinski definition) is 5. The lowest BCUT2D eigenvalue weighted by molar-refractivity contribution is 0.0981. The summed E-state index contributed by atoms with van der Waals surface area (Å²) >= 11 is 5.98. The third-order valence-electron chi connectivity index (χ3n) is 3.98. The summed E-state index contributed by atoms with van der Waals surface area (Å²) in [4.78, 5) is 12.2. The fraction of sp³-hybridized carbons (Fsp3) is 0.235. The molecule has 10 heteroatoms. The number of hydrogen-bond donors (Lipinski definition) is 1. The average Bonchev–Trinajstić information content (AvgIpc) is 2.56. The third-order valence-corrected chi connectivity index (χ3v) is 7.45. The van der Waals surface area contributed by atoms with Crippen LogP contribution in [-0.2, 0) is 20.0 Å². The third kappa shape index (κ3) is 4.49. The van der Waals surface area contributed by atoms with Gasteiger partial charge in [-0.2, -0.15) is 0 Å². The molecule has 0 aliphatic rings. The first kappa shape index (κ1) is 21.4. The molecule has 0 spiro atoms. The molecule has 0 fully saturated rings. The summed E-state index contributed by atoms with van der Waals surface area (Å²) in [5.41, 5.74) is 1.40. The van der Waals surface area contributed by atoms with Crippen molar-refractivity contribution in [3.05, 3.63) is 58.1 Å². The first-order chi connectivity index (χ1) is 12.4. The Morgan fingerprint density at radius 1 is 0.926 bits per heavy atom. The Bertz CT molecular complexity index is 1110. The van der Waals surface area contributed by atoms with Crippen LogP contribution in [0.2, 0.25) is 5.02 Å². The highest BCUT2D eigenvalue weighted by Crippen LogP contribution is 2.23. The lowest BCUT2D eigenvalue weighted by Gasteiger charge is -2.13. The van der Waals surface area contributed by atoms with E-state index in [-0.39, 0.29) is 20.4 Å². The minimum atomic E-state index is -4.15. The van der Waals surface area contributed by atoms with Crippen molar-refractivity contribution in [3.8, 4) is 0 Å². The Morgan fingerprint density at radius 3 is 2.07 bits per heavy atom. The normalized spacial score (nSPS) is 12.2. The lowest BCUT2D eigenvalue weighted by Crippen LogP contribution is -2.31. The van der Waals surface area contributed by atoms with E-state index in [2.05, 4.69) is 0 Å². The van der Waals surface area contributed by atoms with Gasteiger partial charge in [-0.05, 0) is 55.3 Å². The molecular formula is C17H19ClN2O5S2. The van der Waals surface area contributed by atoms with Crippen molar-refractivity contribution in [1.82, 2.24) is 9.03 Å². The summed E-state index contributed by atoms with van der Waals surface area (Å²) in [6, 6.07) is 7.97. The number of amides is 1. The van der Waals surface area contributed by atoms with E-state index >= 15 is 0 Å². The van der Waals surface area contributed by atoms with Crippen molar-refractivity contribution in [2.45, 2.75) is 23.6 Å². The molecule has 0 heterocycles. The fourth-order valence-electron chi connectivity index (χ4n) is 2.17. The van der Waals surface area contributed by atoms with Crippen LogP contribution < -0.4 is 4.72 Å². The van der Waals surface area contributed by atoms with Crippen LogP contribution in [0.4, 0.5) is 0 Å². The van der Waals surface area contributed by atoms with Gasteiger partial charge in [-0.25, -0.2) is 25.9 Å². The summed E-state index contributed by atoms with van der Waals surface area (Å²) in [5.74, 6) is -1.02. The number of carbonyl (C=O) groups is 1. The summed E-state index contributed by atoms with van der Waals surface area (Å²) in [6.07, 6.45) is 0. The second kappa shape index (κ2) is 7.59. The Morgan fingerprint density at radius 2 is 1.52 bits per heavy atom. The molecule has 7 nitrogen and oxygen atoms in total. The standard InChI is InChI=1S/C17H19ClN2O5S2/c1-11-5-6-13(9-12(11)2)26(22,23)19-17(21)15-10-14(7-8-16(15)18)27(24,25)20(3)4/h5-10H,1-4H3,(H,19,21). The van der Waals surface area contributed by atoms with Crippen molar-refractivity contribution in [2.75, 3.05) is 14.1 Å².